The van der Waals surface area contributed by atoms with Crippen molar-refractivity contribution in [2.24, 2.45) is 5.92 Å². The van der Waals surface area contributed by atoms with Gasteiger partial charge in [0, 0.05) is 18.1 Å². The van der Waals surface area contributed by atoms with Crippen LogP contribution < -0.4 is 10.9 Å². The van der Waals surface area contributed by atoms with Gasteiger partial charge in [-0.2, -0.15) is 10.4 Å². The molecule has 2 N–H and O–H groups in total. The minimum Gasteiger partial charge on any atom is -0.338 e. The summed E-state index contributed by atoms with van der Waals surface area (Å²) in [6.07, 6.45) is 6.43. The van der Waals surface area contributed by atoms with Gasteiger partial charge in [0.15, 0.2) is 15.7 Å². The quantitative estimate of drug-likeness (QED) is 0.680. The number of nitriles is 1. The van der Waals surface area contributed by atoms with Gasteiger partial charge in [0.1, 0.15) is 5.39 Å². The molecule has 2 aromatic heterocycles. The molecule has 1 fully saturated rings. The monoisotopic (exact) mass is 411 g/mol. The molecule has 0 aliphatic heterocycles. The van der Waals surface area contributed by atoms with E-state index in [4.69, 9.17) is 0 Å². The Morgan fingerprint density at radius 3 is 2.62 bits per heavy atom. The molecular weight excluding hydrogens is 390 g/mol. The van der Waals surface area contributed by atoms with Gasteiger partial charge in [-0.3, -0.25) is 9.48 Å². The van der Waals surface area contributed by atoms with Crippen molar-refractivity contribution < 1.29 is 8.42 Å². The lowest BCUT2D eigenvalue weighted by Gasteiger charge is -2.27. The van der Waals surface area contributed by atoms with Crippen LogP contribution in [-0.4, -0.2) is 29.4 Å². The van der Waals surface area contributed by atoms with Gasteiger partial charge in [-0.05, 0) is 43.2 Å². The van der Waals surface area contributed by atoms with Crippen molar-refractivity contribution in [1.29, 1.82) is 5.26 Å². The molecule has 2 unspecified atom stereocenters. The van der Waals surface area contributed by atoms with E-state index in [2.05, 4.69) is 21.5 Å². The summed E-state index contributed by atoms with van der Waals surface area (Å²) in [6.45, 7) is 0. The molecule has 0 bridgehead atoms. The number of H-pyrrole nitrogens is 1. The van der Waals surface area contributed by atoms with E-state index in [1.54, 1.807) is 29.1 Å². The molecule has 0 spiro atoms. The lowest BCUT2D eigenvalue weighted by atomic mass is 9.85. The van der Waals surface area contributed by atoms with Crippen molar-refractivity contribution in [3.8, 4) is 6.07 Å². The van der Waals surface area contributed by atoms with E-state index in [0.717, 1.165) is 31.9 Å². The van der Waals surface area contributed by atoms with Crippen molar-refractivity contribution in [1.82, 2.24) is 14.8 Å². The van der Waals surface area contributed by atoms with Gasteiger partial charge in [-0.1, -0.05) is 12.8 Å². The number of anilines is 2. The number of nitrogens with zero attached hydrogens (tertiary/aromatic N) is 3. The zero-order chi connectivity index (χ0) is 20.6. The molecule has 29 heavy (non-hydrogen) atoms. The van der Waals surface area contributed by atoms with Crippen LogP contribution in [0.15, 0.2) is 46.2 Å². The van der Waals surface area contributed by atoms with E-state index in [0.29, 0.717) is 22.4 Å². The van der Waals surface area contributed by atoms with E-state index in [1.165, 1.54) is 12.1 Å². The van der Waals surface area contributed by atoms with Gasteiger partial charge >= 0.3 is 0 Å². The highest BCUT2D eigenvalue weighted by molar-refractivity contribution is 7.90. The molecule has 4 rings (SSSR count). The molecule has 150 valence electrons. The number of hydrogen-bond acceptors (Lipinski definition) is 6. The summed E-state index contributed by atoms with van der Waals surface area (Å²) >= 11 is 0. The van der Waals surface area contributed by atoms with E-state index >= 15 is 0 Å². The predicted octanol–water partition coefficient (Wildman–Crippen LogP) is 3.13. The van der Waals surface area contributed by atoms with Gasteiger partial charge in [-0.15, -0.1) is 0 Å². The van der Waals surface area contributed by atoms with Gasteiger partial charge in [0.05, 0.1) is 28.4 Å². The molecule has 1 aliphatic carbocycles. The maximum Gasteiger partial charge on any atom is 0.261 e. The van der Waals surface area contributed by atoms with Crippen LogP contribution in [0, 0.1) is 17.2 Å². The third-order valence-corrected chi connectivity index (χ3v) is 6.51. The maximum atomic E-state index is 12.5. The highest BCUT2D eigenvalue weighted by atomic mass is 32.2. The molecule has 0 amide bonds. The highest BCUT2D eigenvalue weighted by Gasteiger charge is 2.29. The molecule has 1 aliphatic rings. The average Bonchev–Trinajstić information content (AvgIpc) is 3.07. The van der Waals surface area contributed by atoms with E-state index in [9.17, 15) is 18.5 Å². The summed E-state index contributed by atoms with van der Waals surface area (Å²) in [5, 5.41) is 17.8. The van der Waals surface area contributed by atoms with Crippen LogP contribution in [0.3, 0.4) is 0 Å². The van der Waals surface area contributed by atoms with Crippen LogP contribution in [-0.2, 0) is 9.84 Å². The zero-order valence-corrected chi connectivity index (χ0v) is 16.7. The fourth-order valence-corrected chi connectivity index (χ4v) is 4.55. The third kappa shape index (κ3) is 3.63. The Labute approximate surface area is 168 Å². The van der Waals surface area contributed by atoms with E-state index in [1.807, 2.05) is 0 Å². The molecule has 8 nitrogen and oxygen atoms in total. The standard InChI is InChI=1S/C20H21N5O3S/c1-29(27,28)15-8-6-14(7-9-15)23-19-18-17(10-11-22-20(18)26)25(24-19)16-5-3-2-4-13(16)12-21/h6-11,13,16H,2-5H2,1H3,(H,22,26)(H,23,24). The fraction of sp³-hybridized carbons (Fsp3) is 0.350. The summed E-state index contributed by atoms with van der Waals surface area (Å²) in [5.41, 5.74) is 1.03. The first-order chi connectivity index (χ1) is 13.9. The topological polar surface area (TPSA) is 121 Å². The number of aromatic amines is 1. The second kappa shape index (κ2) is 7.37. The van der Waals surface area contributed by atoms with Gasteiger partial charge < -0.3 is 10.3 Å². The van der Waals surface area contributed by atoms with E-state index < -0.39 is 9.84 Å². The zero-order valence-electron chi connectivity index (χ0n) is 15.9. The SMILES string of the molecule is CS(=O)(=O)c1ccc(Nc2nn(C3CCCCC3C#N)c3cc[nH]c(=O)c23)cc1. The largest absolute Gasteiger partial charge is 0.338 e. The highest BCUT2D eigenvalue weighted by Crippen LogP contribution is 2.36. The van der Waals surface area contributed by atoms with Crippen molar-refractivity contribution in [3.05, 3.63) is 46.9 Å². The maximum absolute atomic E-state index is 12.5. The Morgan fingerprint density at radius 1 is 1.21 bits per heavy atom. The molecule has 9 heteroatoms. The van der Waals surface area contributed by atoms with Crippen molar-refractivity contribution in [3.63, 3.8) is 0 Å². The molecule has 2 atom stereocenters. The number of nitrogens with one attached hydrogen (secondary N) is 2. The number of pyridine rings is 1. The first-order valence-electron chi connectivity index (χ1n) is 9.45. The number of aromatic nitrogens is 3. The van der Waals surface area contributed by atoms with Crippen molar-refractivity contribution >= 4 is 32.2 Å². The Kier molecular flexibility index (Phi) is 4.88. The number of fused-ring (bicyclic) bond motifs is 1. The second-order valence-electron chi connectivity index (χ2n) is 7.37. The number of benzene rings is 1. The predicted molar refractivity (Wildman–Crippen MR) is 110 cm³/mol. The number of rotatable bonds is 4. The fourth-order valence-electron chi connectivity index (χ4n) is 3.92. The smallest absolute Gasteiger partial charge is 0.261 e. The number of hydrogen-bond donors (Lipinski definition) is 2. The van der Waals surface area contributed by atoms with Crippen molar-refractivity contribution in [2.75, 3.05) is 11.6 Å². The van der Waals surface area contributed by atoms with Crippen LogP contribution in [0.5, 0.6) is 0 Å². The normalized spacial score (nSPS) is 19.7. The average molecular weight is 411 g/mol. The Morgan fingerprint density at radius 2 is 1.93 bits per heavy atom. The van der Waals surface area contributed by atoms with Gasteiger partial charge in [0.2, 0.25) is 0 Å². The van der Waals surface area contributed by atoms with Crippen molar-refractivity contribution in [2.45, 2.75) is 36.6 Å². The molecule has 0 saturated heterocycles. The minimum absolute atomic E-state index is 0.0822. The van der Waals surface area contributed by atoms with Crippen LogP contribution in [0.1, 0.15) is 31.7 Å². The summed E-state index contributed by atoms with van der Waals surface area (Å²) in [6, 6.07) is 10.4. The molecule has 2 heterocycles. The Hall–Kier alpha value is -3.12. The van der Waals surface area contributed by atoms with Gasteiger partial charge in [0.25, 0.3) is 5.56 Å². The lowest BCUT2D eigenvalue weighted by Crippen LogP contribution is -2.23. The molecular formula is C20H21N5O3S. The Bertz CT molecular complexity index is 1250. The third-order valence-electron chi connectivity index (χ3n) is 5.38. The van der Waals surface area contributed by atoms with Crippen LogP contribution in [0.2, 0.25) is 0 Å². The molecule has 1 aromatic carbocycles. The van der Waals surface area contributed by atoms with Crippen LogP contribution >= 0.6 is 0 Å². The summed E-state index contributed by atoms with van der Waals surface area (Å²) in [4.78, 5) is 15.4. The summed E-state index contributed by atoms with van der Waals surface area (Å²) < 4.78 is 25.1. The van der Waals surface area contributed by atoms with Crippen LogP contribution in [0.4, 0.5) is 11.5 Å². The lowest BCUT2D eigenvalue weighted by molar-refractivity contribution is 0.277. The molecule has 1 saturated carbocycles. The summed E-state index contributed by atoms with van der Waals surface area (Å²) in [5.74, 6) is 0.240. The summed E-state index contributed by atoms with van der Waals surface area (Å²) in [7, 11) is -3.29. The minimum atomic E-state index is -3.29. The second-order valence-corrected chi connectivity index (χ2v) is 9.38. The number of sulfone groups is 1. The first-order valence-corrected chi connectivity index (χ1v) is 11.3. The van der Waals surface area contributed by atoms with E-state index in [-0.39, 0.29) is 22.4 Å². The first kappa shape index (κ1) is 19.2. The van der Waals surface area contributed by atoms with Crippen LogP contribution in [0.25, 0.3) is 10.9 Å². The Balaban J connectivity index is 1.77. The van der Waals surface area contributed by atoms with Gasteiger partial charge in [-0.25, -0.2) is 8.42 Å². The molecule has 0 radical (unpaired) electrons. The molecule has 3 aromatic rings.